The average molecular weight is 259 g/mol. The van der Waals surface area contributed by atoms with E-state index in [1.807, 2.05) is 0 Å². The van der Waals surface area contributed by atoms with Crippen LogP contribution >= 0.6 is 0 Å². The maximum Gasteiger partial charge on any atom is 0.408 e. The topological polar surface area (TPSA) is 75.6 Å². The number of ether oxygens (including phenoxy) is 1. The normalized spacial score (nSPS) is 13.1. The number of carbonyl (C=O) groups excluding carboxylic acids is 1. The molecule has 0 spiro atoms. The number of amides is 1. The minimum absolute atomic E-state index is 0.314. The van der Waals surface area contributed by atoms with E-state index in [2.05, 4.69) is 5.32 Å². The summed E-state index contributed by atoms with van der Waals surface area (Å²) in [6, 6.07) is 0. The van der Waals surface area contributed by atoms with Crippen LogP contribution in [0.15, 0.2) is 0 Å². The van der Waals surface area contributed by atoms with Crippen molar-refractivity contribution in [2.75, 3.05) is 0 Å². The Hall–Kier alpha value is -1.26. The largest absolute Gasteiger partial charge is 0.481 e. The molecule has 0 saturated heterocycles. The molecule has 0 aromatic rings. The van der Waals surface area contributed by atoms with Crippen LogP contribution < -0.4 is 5.32 Å². The van der Waals surface area contributed by atoms with E-state index in [0.29, 0.717) is 6.42 Å². The van der Waals surface area contributed by atoms with Gasteiger partial charge in [0.15, 0.2) is 0 Å². The van der Waals surface area contributed by atoms with Gasteiger partial charge < -0.3 is 15.2 Å². The molecule has 0 aliphatic rings. The van der Waals surface area contributed by atoms with Crippen molar-refractivity contribution in [3.63, 3.8) is 0 Å². The van der Waals surface area contributed by atoms with Crippen LogP contribution in [0.2, 0.25) is 0 Å². The average Bonchev–Trinajstić information content (AvgIpc) is 1.94. The first-order chi connectivity index (χ1) is 7.75. The zero-order valence-corrected chi connectivity index (χ0v) is 12.4. The molecule has 1 amide bonds. The monoisotopic (exact) mass is 259 g/mol. The molecule has 5 heteroatoms. The highest BCUT2D eigenvalue weighted by molar-refractivity contribution is 5.74. The van der Waals surface area contributed by atoms with Crippen molar-refractivity contribution in [3.05, 3.63) is 0 Å². The summed E-state index contributed by atoms with van der Waals surface area (Å²) in [5.41, 5.74) is -2.12. The molecule has 0 fully saturated rings. The highest BCUT2D eigenvalue weighted by Gasteiger charge is 2.36. The lowest BCUT2D eigenvalue weighted by Gasteiger charge is -2.33. The summed E-state index contributed by atoms with van der Waals surface area (Å²) in [6.45, 7) is 12.2. The molecule has 0 aromatic carbocycles. The van der Waals surface area contributed by atoms with Crippen LogP contribution in [0.4, 0.5) is 4.79 Å². The maximum absolute atomic E-state index is 11.6. The minimum Gasteiger partial charge on any atom is -0.481 e. The van der Waals surface area contributed by atoms with E-state index in [9.17, 15) is 9.59 Å². The van der Waals surface area contributed by atoms with Crippen LogP contribution in [0.25, 0.3) is 0 Å². The first-order valence-corrected chi connectivity index (χ1v) is 6.00. The van der Waals surface area contributed by atoms with Crippen molar-refractivity contribution >= 4 is 12.1 Å². The van der Waals surface area contributed by atoms with E-state index in [1.165, 1.54) is 0 Å². The van der Waals surface area contributed by atoms with Crippen molar-refractivity contribution in [1.29, 1.82) is 0 Å². The zero-order valence-electron chi connectivity index (χ0n) is 12.4. The molecule has 5 nitrogen and oxygen atoms in total. The van der Waals surface area contributed by atoms with Crippen molar-refractivity contribution in [2.24, 2.45) is 5.41 Å². The van der Waals surface area contributed by atoms with Gasteiger partial charge in [0, 0.05) is 5.54 Å². The molecule has 0 radical (unpaired) electrons. The minimum atomic E-state index is -0.904. The van der Waals surface area contributed by atoms with Crippen molar-refractivity contribution in [3.8, 4) is 0 Å². The molecule has 2 N–H and O–H groups in total. The molecule has 0 heterocycles. The Labute approximate surface area is 109 Å². The van der Waals surface area contributed by atoms with Crippen LogP contribution in [-0.4, -0.2) is 28.3 Å². The number of alkyl carbamates (subject to hydrolysis) is 1. The zero-order chi connectivity index (χ0) is 14.8. The van der Waals surface area contributed by atoms with Crippen LogP contribution in [0.5, 0.6) is 0 Å². The lowest BCUT2D eigenvalue weighted by Crippen LogP contribution is -2.49. The third kappa shape index (κ3) is 6.47. The van der Waals surface area contributed by atoms with Crippen LogP contribution in [0.1, 0.15) is 54.9 Å². The first kappa shape index (κ1) is 16.7. The molecular weight excluding hydrogens is 234 g/mol. The summed E-state index contributed by atoms with van der Waals surface area (Å²) in [7, 11) is 0. The number of aliphatic carboxylic acids is 1. The second kappa shape index (κ2) is 5.16. The van der Waals surface area contributed by atoms with Crippen LogP contribution in [0.3, 0.4) is 0 Å². The van der Waals surface area contributed by atoms with Crippen LogP contribution in [-0.2, 0) is 9.53 Å². The molecule has 0 rings (SSSR count). The quantitative estimate of drug-likeness (QED) is 0.814. The molecule has 0 unspecified atom stereocenters. The number of hydrogen-bond donors (Lipinski definition) is 2. The Bertz CT molecular complexity index is 326. The van der Waals surface area contributed by atoms with Gasteiger partial charge in [-0.05, 0) is 54.9 Å². The van der Waals surface area contributed by atoms with Gasteiger partial charge in [-0.1, -0.05) is 0 Å². The van der Waals surface area contributed by atoms with E-state index in [-0.39, 0.29) is 0 Å². The predicted molar refractivity (Wildman–Crippen MR) is 69.5 cm³/mol. The van der Waals surface area contributed by atoms with Crippen molar-refractivity contribution in [1.82, 2.24) is 5.32 Å². The fourth-order valence-corrected chi connectivity index (χ4v) is 1.80. The molecule has 0 aliphatic carbocycles. The predicted octanol–water partition coefficient (Wildman–Crippen LogP) is 2.79. The van der Waals surface area contributed by atoms with Gasteiger partial charge in [0.25, 0.3) is 0 Å². The SMILES string of the molecule is CC(C)(CC(C)(C)C(=O)O)NC(=O)OC(C)(C)C. The number of carboxylic acid groups (broad SMARTS) is 1. The molecule has 106 valence electrons. The van der Waals surface area contributed by atoms with E-state index in [0.717, 1.165) is 0 Å². The second-order valence-corrected chi connectivity index (χ2v) is 6.88. The highest BCUT2D eigenvalue weighted by Crippen LogP contribution is 2.28. The van der Waals surface area contributed by atoms with Crippen molar-refractivity contribution < 1.29 is 19.4 Å². The Kier molecular flexibility index (Phi) is 4.80. The molecule has 0 aromatic heterocycles. The van der Waals surface area contributed by atoms with Crippen LogP contribution in [0, 0.1) is 5.41 Å². The van der Waals surface area contributed by atoms with E-state index in [1.54, 1.807) is 48.5 Å². The number of rotatable bonds is 4. The molecule has 0 bridgehead atoms. The van der Waals surface area contributed by atoms with Crippen molar-refractivity contribution in [2.45, 2.75) is 66.0 Å². The van der Waals surface area contributed by atoms with E-state index in [4.69, 9.17) is 9.84 Å². The van der Waals surface area contributed by atoms with Gasteiger partial charge in [0.2, 0.25) is 0 Å². The summed E-state index contributed by atoms with van der Waals surface area (Å²) < 4.78 is 5.15. The molecule has 0 saturated carbocycles. The molecule has 0 aliphatic heterocycles. The Morgan fingerprint density at radius 1 is 1.06 bits per heavy atom. The summed E-state index contributed by atoms with van der Waals surface area (Å²) in [4.78, 5) is 22.7. The molecule has 18 heavy (non-hydrogen) atoms. The first-order valence-electron chi connectivity index (χ1n) is 6.00. The second-order valence-electron chi connectivity index (χ2n) is 6.88. The Balaban J connectivity index is 4.58. The fourth-order valence-electron chi connectivity index (χ4n) is 1.80. The van der Waals surface area contributed by atoms with Gasteiger partial charge in [-0.15, -0.1) is 0 Å². The lowest BCUT2D eigenvalue weighted by atomic mass is 9.80. The van der Waals surface area contributed by atoms with Gasteiger partial charge in [0.05, 0.1) is 5.41 Å². The number of carboxylic acids is 1. The summed E-state index contributed by atoms with van der Waals surface area (Å²) in [5.74, 6) is -0.887. The third-order valence-corrected chi connectivity index (χ3v) is 2.30. The number of hydrogen-bond acceptors (Lipinski definition) is 3. The lowest BCUT2D eigenvalue weighted by molar-refractivity contribution is -0.148. The Morgan fingerprint density at radius 2 is 1.50 bits per heavy atom. The van der Waals surface area contributed by atoms with E-state index < -0.39 is 28.6 Å². The number of nitrogens with one attached hydrogen (secondary N) is 1. The van der Waals surface area contributed by atoms with Gasteiger partial charge >= 0.3 is 12.1 Å². The Morgan fingerprint density at radius 3 is 1.83 bits per heavy atom. The van der Waals surface area contributed by atoms with Gasteiger partial charge in [0.1, 0.15) is 5.60 Å². The smallest absolute Gasteiger partial charge is 0.408 e. The van der Waals surface area contributed by atoms with E-state index >= 15 is 0 Å². The fraction of sp³-hybridized carbons (Fsp3) is 0.846. The van der Waals surface area contributed by atoms with Gasteiger partial charge in [-0.2, -0.15) is 0 Å². The van der Waals surface area contributed by atoms with Gasteiger partial charge in [-0.3, -0.25) is 4.79 Å². The van der Waals surface area contributed by atoms with Gasteiger partial charge in [-0.25, -0.2) is 4.79 Å². The third-order valence-electron chi connectivity index (χ3n) is 2.30. The maximum atomic E-state index is 11.6. The standard InChI is InChI=1S/C13H25NO4/c1-11(2,3)18-10(17)14-13(6,7)8-12(4,5)9(15)16/h8H2,1-7H3,(H,14,17)(H,15,16). The summed E-state index contributed by atoms with van der Waals surface area (Å²) in [6.07, 6.45) is -0.220. The molecular formula is C13H25NO4. The molecule has 0 atom stereocenters. The summed E-state index contributed by atoms with van der Waals surface area (Å²) in [5, 5.41) is 11.8. The summed E-state index contributed by atoms with van der Waals surface area (Å²) >= 11 is 0. The number of carbonyl (C=O) groups is 2. The highest BCUT2D eigenvalue weighted by atomic mass is 16.6.